The van der Waals surface area contributed by atoms with Crippen molar-refractivity contribution in [2.75, 3.05) is 0 Å². The van der Waals surface area contributed by atoms with Crippen molar-refractivity contribution in [2.45, 2.75) is 20.3 Å². The van der Waals surface area contributed by atoms with Crippen LogP contribution in [0.2, 0.25) is 0 Å². The van der Waals surface area contributed by atoms with Crippen molar-refractivity contribution < 1.29 is 0 Å². The monoisotopic (exact) mass is 65.1 g/mol. The topological polar surface area (TPSA) is 0 Å². The first-order valence-electron chi connectivity index (χ1n) is 1.69. The molecule has 0 aromatic carbocycles. The van der Waals surface area contributed by atoms with E-state index in [0.717, 1.165) is 0 Å². The van der Waals surface area contributed by atoms with Crippen LogP contribution in [0.4, 0.5) is 0 Å². The van der Waals surface area contributed by atoms with Gasteiger partial charge in [0.25, 0.3) is 0 Å². The molecule has 0 heterocycles. The van der Waals surface area contributed by atoms with Crippen LogP contribution in [-0.4, -0.2) is 18.9 Å². The Morgan fingerprint density at radius 3 is 1.80 bits per heavy atom. The van der Waals surface area contributed by atoms with Crippen LogP contribution in [0.1, 0.15) is 20.3 Å². The molecule has 0 fully saturated rings. The Morgan fingerprint density at radius 2 is 1.80 bits per heavy atom. The molecule has 0 amide bonds. The van der Waals surface area contributed by atoms with Gasteiger partial charge < -0.3 is 0 Å². The minimum atomic E-state index is 0. The van der Waals surface area contributed by atoms with E-state index in [0.29, 0.717) is 0 Å². The van der Waals surface area contributed by atoms with Crippen molar-refractivity contribution >= 4 is 18.9 Å². The number of hydrogen-bond donors (Lipinski definition) is 0. The first kappa shape index (κ1) is 9.14. The van der Waals surface area contributed by atoms with Gasteiger partial charge in [0, 0.05) is 0 Å². The SMILES string of the molecule is C[CH]CC.[LiH]. The fraction of sp³-hybridized carbons (Fsp3) is 0.750. The van der Waals surface area contributed by atoms with Gasteiger partial charge in [0.1, 0.15) is 0 Å². The third-order valence-corrected chi connectivity index (χ3v) is 0.408. The molecule has 0 saturated heterocycles. The summed E-state index contributed by atoms with van der Waals surface area (Å²) >= 11 is 0. The maximum atomic E-state index is 2.12. The van der Waals surface area contributed by atoms with Gasteiger partial charge in [-0.05, 0) is 6.42 Å². The van der Waals surface area contributed by atoms with Gasteiger partial charge in [-0.15, -0.1) is 0 Å². The maximum absolute atomic E-state index is 2.12. The molecule has 1 radical (unpaired) electrons. The van der Waals surface area contributed by atoms with Crippen LogP contribution >= 0.6 is 0 Å². The molecule has 1 heteroatoms. The zero-order valence-corrected chi connectivity index (χ0v) is 3.28. The van der Waals surface area contributed by atoms with Crippen molar-refractivity contribution in [2.24, 2.45) is 0 Å². The van der Waals surface area contributed by atoms with Gasteiger partial charge in [-0.3, -0.25) is 0 Å². The van der Waals surface area contributed by atoms with Gasteiger partial charge in [0.05, 0.1) is 0 Å². The van der Waals surface area contributed by atoms with Crippen molar-refractivity contribution in [1.82, 2.24) is 0 Å². The summed E-state index contributed by atoms with van der Waals surface area (Å²) in [7, 11) is 0. The second-order valence-electron chi connectivity index (χ2n) is 0.816. The van der Waals surface area contributed by atoms with Gasteiger partial charge in [-0.2, -0.15) is 0 Å². The zero-order valence-electron chi connectivity index (χ0n) is 3.28. The fourth-order valence-electron chi connectivity index (χ4n) is 0. The molecule has 0 aromatic heterocycles. The zero-order chi connectivity index (χ0) is 3.41. The molecule has 0 aliphatic rings. The average Bonchev–Trinajstić information content (AvgIpc) is 1.37. The van der Waals surface area contributed by atoms with Gasteiger partial charge in [0.2, 0.25) is 0 Å². The molecular formula is C4H10Li. The van der Waals surface area contributed by atoms with Crippen molar-refractivity contribution in [3.63, 3.8) is 0 Å². The van der Waals surface area contributed by atoms with Crippen LogP contribution in [0.15, 0.2) is 0 Å². The second kappa shape index (κ2) is 8.82. The Labute approximate surface area is 46.1 Å². The van der Waals surface area contributed by atoms with Crippen LogP contribution < -0.4 is 0 Å². The molecule has 0 aromatic rings. The molecule has 0 N–H and O–H groups in total. The molecule has 27 valence electrons. The van der Waals surface area contributed by atoms with Crippen LogP contribution in [0.5, 0.6) is 0 Å². The molecule has 0 aliphatic carbocycles. The van der Waals surface area contributed by atoms with E-state index in [1.54, 1.807) is 0 Å². The number of rotatable bonds is 1. The molecule has 0 atom stereocenters. The summed E-state index contributed by atoms with van der Waals surface area (Å²) in [6.45, 7) is 4.18. The molecule has 0 rings (SSSR count). The Hall–Kier alpha value is 0.597. The van der Waals surface area contributed by atoms with E-state index in [1.807, 2.05) is 0 Å². The summed E-state index contributed by atoms with van der Waals surface area (Å²) in [5.41, 5.74) is 0. The summed E-state index contributed by atoms with van der Waals surface area (Å²) < 4.78 is 0. The summed E-state index contributed by atoms with van der Waals surface area (Å²) in [4.78, 5) is 0. The third kappa shape index (κ3) is 12.2. The van der Waals surface area contributed by atoms with Crippen molar-refractivity contribution in [3.05, 3.63) is 6.42 Å². The van der Waals surface area contributed by atoms with E-state index in [2.05, 4.69) is 20.3 Å². The first-order chi connectivity index (χ1) is 1.91. The Kier molecular flexibility index (Phi) is 16.1. The van der Waals surface area contributed by atoms with Gasteiger partial charge in [0.15, 0.2) is 0 Å². The van der Waals surface area contributed by atoms with E-state index in [1.165, 1.54) is 6.42 Å². The van der Waals surface area contributed by atoms with E-state index in [9.17, 15) is 0 Å². The normalized spacial score (nSPS) is 6.00. The van der Waals surface area contributed by atoms with Gasteiger partial charge in [-0.25, -0.2) is 0 Å². The molecule has 0 nitrogen and oxygen atoms in total. The summed E-state index contributed by atoms with van der Waals surface area (Å²) in [6.07, 6.45) is 3.32. The third-order valence-electron chi connectivity index (χ3n) is 0.408. The fourth-order valence-corrected chi connectivity index (χ4v) is 0. The molecule has 0 unspecified atom stereocenters. The standard InChI is InChI=1S/C4H9.Li.H/c1-3-4-2;;/h3H,4H2,1-2H3;;. The number of hydrogen-bond acceptors (Lipinski definition) is 0. The predicted molar refractivity (Wildman–Crippen MR) is 27.4 cm³/mol. The Morgan fingerprint density at radius 1 is 1.60 bits per heavy atom. The number of unbranched alkanes of at least 4 members (excludes halogenated alkanes) is 1. The summed E-state index contributed by atoms with van der Waals surface area (Å²) in [5, 5.41) is 0. The van der Waals surface area contributed by atoms with E-state index < -0.39 is 0 Å². The van der Waals surface area contributed by atoms with Gasteiger partial charge >= 0.3 is 18.9 Å². The molecular weight excluding hydrogens is 55.0 g/mol. The summed E-state index contributed by atoms with van der Waals surface area (Å²) in [5.74, 6) is 0. The van der Waals surface area contributed by atoms with Crippen molar-refractivity contribution in [1.29, 1.82) is 0 Å². The minimum absolute atomic E-state index is 0. The quantitative estimate of drug-likeness (QED) is 0.399. The molecule has 0 bridgehead atoms. The first-order valence-corrected chi connectivity index (χ1v) is 1.69. The van der Waals surface area contributed by atoms with E-state index >= 15 is 0 Å². The second-order valence-corrected chi connectivity index (χ2v) is 0.816. The van der Waals surface area contributed by atoms with Crippen LogP contribution in [0, 0.1) is 6.42 Å². The average molecular weight is 65.1 g/mol. The summed E-state index contributed by atoms with van der Waals surface area (Å²) in [6, 6.07) is 0. The van der Waals surface area contributed by atoms with E-state index in [-0.39, 0.29) is 18.9 Å². The van der Waals surface area contributed by atoms with Crippen LogP contribution in [0.3, 0.4) is 0 Å². The van der Waals surface area contributed by atoms with Crippen LogP contribution in [0.25, 0.3) is 0 Å². The Balaban J connectivity index is 0. The molecule has 0 spiro atoms. The van der Waals surface area contributed by atoms with Crippen molar-refractivity contribution in [3.8, 4) is 0 Å². The van der Waals surface area contributed by atoms with E-state index in [4.69, 9.17) is 0 Å². The predicted octanol–water partition coefficient (Wildman–Crippen LogP) is 0.972. The molecule has 0 aliphatic heterocycles. The molecule has 5 heavy (non-hydrogen) atoms. The van der Waals surface area contributed by atoms with Crippen LogP contribution in [-0.2, 0) is 0 Å². The van der Waals surface area contributed by atoms with Gasteiger partial charge in [-0.1, -0.05) is 20.3 Å². The molecule has 0 saturated carbocycles. The Bertz CT molecular complexity index is 5.61.